The van der Waals surface area contributed by atoms with Gasteiger partial charge in [-0.05, 0) is 25.0 Å². The Kier molecular flexibility index (Phi) is 7.15. The molecule has 0 unspecified atom stereocenters. The van der Waals surface area contributed by atoms with Gasteiger partial charge >= 0.3 is 6.18 Å². The molecule has 1 atom stereocenters. The first-order chi connectivity index (χ1) is 16.5. The van der Waals surface area contributed by atoms with Crippen LogP contribution in [-0.2, 0) is 21.1 Å². The number of hydrogen-bond donors (Lipinski definition) is 1. The van der Waals surface area contributed by atoms with Crippen molar-refractivity contribution in [2.45, 2.75) is 57.3 Å². The maximum absolute atomic E-state index is 13.7. The van der Waals surface area contributed by atoms with Crippen molar-refractivity contribution in [3.8, 4) is 0 Å². The topological polar surface area (TPSA) is 62.1 Å². The summed E-state index contributed by atoms with van der Waals surface area (Å²) in [6, 6.07) is 1.21. The van der Waals surface area contributed by atoms with Crippen LogP contribution in [0, 0.1) is 0 Å². The first-order valence-electron chi connectivity index (χ1n) is 12.1. The van der Waals surface area contributed by atoms with E-state index in [0.717, 1.165) is 44.4 Å². The quantitative estimate of drug-likeness (QED) is 0.640. The molecular formula is C25H34F3N5O2. The van der Waals surface area contributed by atoms with Crippen LogP contribution in [-0.4, -0.2) is 76.6 Å². The van der Waals surface area contributed by atoms with Gasteiger partial charge in [0.25, 0.3) is 0 Å². The Hall–Kier alpha value is -2.59. The summed E-state index contributed by atoms with van der Waals surface area (Å²) in [6.07, 6.45) is 1.20. The number of carbonyl (C=O) groups excluding carboxylic acids is 1. The molecule has 2 saturated heterocycles. The number of rotatable bonds is 5. The highest BCUT2D eigenvalue weighted by Crippen LogP contribution is 2.35. The number of carbonyl (C=O) groups is 1. The molecule has 2 aromatic rings. The van der Waals surface area contributed by atoms with Gasteiger partial charge in [-0.25, -0.2) is 4.98 Å². The summed E-state index contributed by atoms with van der Waals surface area (Å²) in [7, 11) is 0. The summed E-state index contributed by atoms with van der Waals surface area (Å²) in [6.45, 7) is 13.4. The number of nitrogens with zero attached hydrogens (tertiary/aromatic N) is 4. The van der Waals surface area contributed by atoms with Crippen LogP contribution >= 0.6 is 0 Å². The van der Waals surface area contributed by atoms with Gasteiger partial charge in [-0.3, -0.25) is 4.79 Å². The Morgan fingerprint density at radius 1 is 1.26 bits per heavy atom. The predicted octanol–water partition coefficient (Wildman–Crippen LogP) is 3.94. The van der Waals surface area contributed by atoms with E-state index in [9.17, 15) is 18.0 Å². The number of morpholine rings is 1. The molecule has 2 aliphatic heterocycles. The molecule has 4 rings (SSSR count). The molecule has 10 heteroatoms. The zero-order valence-electron chi connectivity index (χ0n) is 20.6. The number of amides is 1. The number of fused-ring (bicyclic) bond motifs is 1. The van der Waals surface area contributed by atoms with Crippen molar-refractivity contribution in [3.05, 3.63) is 42.4 Å². The Morgan fingerprint density at radius 3 is 2.60 bits per heavy atom. The molecular weight excluding hydrogens is 459 g/mol. The van der Waals surface area contributed by atoms with Crippen LogP contribution in [0.15, 0.2) is 31.1 Å². The van der Waals surface area contributed by atoms with Gasteiger partial charge in [0.1, 0.15) is 0 Å². The Bertz CT molecular complexity index is 1070. The minimum absolute atomic E-state index is 0.0411. The number of piperidine rings is 1. The number of anilines is 1. The van der Waals surface area contributed by atoms with E-state index < -0.39 is 11.7 Å². The number of imidazole rings is 1. The molecule has 1 N–H and O–H groups in total. The fraction of sp³-hybridized carbons (Fsp3) is 0.600. The number of hydrogen-bond acceptors (Lipinski definition) is 5. The van der Waals surface area contributed by atoms with Crippen LogP contribution in [0.3, 0.4) is 0 Å². The standard InChI is InChI=1S/C25H34F3N5O2/c1-5-22(34)32-10-11-35-19(16-32)15-31-8-6-18(7-9-31)30-20-12-17(25(26,27)28)14-33-21(24(2,3)4)13-29-23(20)33/h5,12-14,18-19,30H,1,6-11,15-16H2,2-4H3/t19-/m0/s1. The summed E-state index contributed by atoms with van der Waals surface area (Å²) >= 11 is 0. The summed E-state index contributed by atoms with van der Waals surface area (Å²) in [4.78, 5) is 20.4. The predicted molar refractivity (Wildman–Crippen MR) is 128 cm³/mol. The lowest BCUT2D eigenvalue weighted by Gasteiger charge is -2.38. The number of likely N-dealkylation sites (tertiary alicyclic amines) is 1. The van der Waals surface area contributed by atoms with Crippen molar-refractivity contribution in [2.24, 2.45) is 0 Å². The van der Waals surface area contributed by atoms with Crippen LogP contribution in [0.25, 0.3) is 5.65 Å². The number of alkyl halides is 3. The van der Waals surface area contributed by atoms with Crippen molar-refractivity contribution in [1.82, 2.24) is 19.2 Å². The Morgan fingerprint density at radius 2 is 1.97 bits per heavy atom. The molecule has 0 aliphatic carbocycles. The van der Waals surface area contributed by atoms with Crippen LogP contribution in [0.5, 0.6) is 0 Å². The maximum Gasteiger partial charge on any atom is 0.417 e. The number of nitrogens with one attached hydrogen (secondary N) is 1. The van der Waals surface area contributed by atoms with Crippen LogP contribution in [0.1, 0.15) is 44.9 Å². The molecule has 7 nitrogen and oxygen atoms in total. The molecule has 35 heavy (non-hydrogen) atoms. The number of ether oxygens (including phenoxy) is 1. The summed E-state index contributed by atoms with van der Waals surface area (Å²) < 4.78 is 48.4. The highest BCUT2D eigenvalue weighted by Gasteiger charge is 2.34. The summed E-state index contributed by atoms with van der Waals surface area (Å²) in [5, 5.41) is 3.35. The van der Waals surface area contributed by atoms with Gasteiger partial charge < -0.3 is 24.3 Å². The third kappa shape index (κ3) is 5.81. The average Bonchev–Trinajstić information content (AvgIpc) is 3.24. The van der Waals surface area contributed by atoms with Crippen molar-refractivity contribution < 1.29 is 22.7 Å². The van der Waals surface area contributed by atoms with Crippen LogP contribution in [0.4, 0.5) is 18.9 Å². The first-order valence-corrected chi connectivity index (χ1v) is 12.1. The molecule has 0 bridgehead atoms. The molecule has 4 heterocycles. The van der Waals surface area contributed by atoms with E-state index in [1.807, 2.05) is 20.8 Å². The van der Waals surface area contributed by atoms with Crippen LogP contribution < -0.4 is 5.32 Å². The number of halogens is 3. The largest absolute Gasteiger partial charge is 0.417 e. The fourth-order valence-electron chi connectivity index (χ4n) is 4.83. The lowest BCUT2D eigenvalue weighted by molar-refractivity contribution is -0.138. The highest BCUT2D eigenvalue weighted by atomic mass is 19.4. The molecule has 2 fully saturated rings. The van der Waals surface area contributed by atoms with E-state index in [1.165, 1.54) is 12.1 Å². The number of pyridine rings is 1. The molecule has 0 radical (unpaired) electrons. The van der Waals surface area contributed by atoms with Crippen molar-refractivity contribution >= 4 is 17.2 Å². The zero-order chi connectivity index (χ0) is 25.4. The van der Waals surface area contributed by atoms with E-state index in [0.29, 0.717) is 31.0 Å². The third-order valence-electron chi connectivity index (χ3n) is 6.74. The smallest absolute Gasteiger partial charge is 0.379 e. The first kappa shape index (κ1) is 25.5. The van der Waals surface area contributed by atoms with Gasteiger partial charge in [0.2, 0.25) is 5.91 Å². The molecule has 0 spiro atoms. The third-order valence-corrected chi connectivity index (χ3v) is 6.74. The summed E-state index contributed by atoms with van der Waals surface area (Å²) in [5.74, 6) is -0.0813. The van der Waals surface area contributed by atoms with E-state index >= 15 is 0 Å². The van der Waals surface area contributed by atoms with Gasteiger partial charge in [0.15, 0.2) is 5.65 Å². The van der Waals surface area contributed by atoms with Gasteiger partial charge in [-0.1, -0.05) is 27.4 Å². The molecule has 2 aliphatic rings. The monoisotopic (exact) mass is 493 g/mol. The second-order valence-electron chi connectivity index (χ2n) is 10.4. The van der Waals surface area contributed by atoms with E-state index in [4.69, 9.17) is 4.74 Å². The second kappa shape index (κ2) is 9.81. The van der Waals surface area contributed by atoms with E-state index in [-0.39, 0.29) is 23.5 Å². The van der Waals surface area contributed by atoms with Gasteiger partial charge in [0.05, 0.1) is 24.0 Å². The Labute approximate surface area is 203 Å². The molecule has 192 valence electrons. The number of aromatic nitrogens is 2. The minimum atomic E-state index is -4.45. The second-order valence-corrected chi connectivity index (χ2v) is 10.4. The van der Waals surface area contributed by atoms with E-state index in [2.05, 4.69) is 21.8 Å². The normalized spacial score (nSPS) is 20.9. The summed E-state index contributed by atoms with van der Waals surface area (Å²) in [5.41, 5.74) is 0.601. The lowest BCUT2D eigenvalue weighted by Crippen LogP contribution is -2.51. The van der Waals surface area contributed by atoms with Gasteiger partial charge in [-0.15, -0.1) is 0 Å². The van der Waals surface area contributed by atoms with Gasteiger partial charge in [-0.2, -0.15) is 13.2 Å². The molecule has 2 aromatic heterocycles. The molecule has 1 amide bonds. The SMILES string of the molecule is C=CC(=O)N1CCO[C@@H](CN2CCC(Nc3cc(C(F)(F)F)cn4c(C(C)(C)C)cnc34)CC2)C1. The maximum atomic E-state index is 13.7. The molecule has 0 saturated carbocycles. The zero-order valence-corrected chi connectivity index (χ0v) is 20.6. The van der Waals surface area contributed by atoms with Gasteiger partial charge in [0, 0.05) is 62.3 Å². The highest BCUT2D eigenvalue weighted by molar-refractivity contribution is 5.87. The van der Waals surface area contributed by atoms with Crippen molar-refractivity contribution in [1.29, 1.82) is 0 Å². The molecule has 0 aromatic carbocycles. The van der Waals surface area contributed by atoms with Crippen molar-refractivity contribution in [3.63, 3.8) is 0 Å². The lowest BCUT2D eigenvalue weighted by atomic mass is 9.93. The fourth-order valence-corrected chi connectivity index (χ4v) is 4.83. The van der Waals surface area contributed by atoms with Crippen molar-refractivity contribution in [2.75, 3.05) is 44.6 Å². The average molecular weight is 494 g/mol. The van der Waals surface area contributed by atoms with Crippen LogP contribution in [0.2, 0.25) is 0 Å². The minimum Gasteiger partial charge on any atom is -0.379 e. The van der Waals surface area contributed by atoms with E-state index in [1.54, 1.807) is 15.5 Å². The Balaban J connectivity index is 1.43.